The number of carbonyl (C=O) groups excluding carboxylic acids is 2. The van der Waals surface area contributed by atoms with E-state index in [4.69, 9.17) is 11.6 Å². The van der Waals surface area contributed by atoms with Gasteiger partial charge in [0.15, 0.2) is 5.16 Å². The monoisotopic (exact) mass is 727 g/mol. The van der Waals surface area contributed by atoms with Gasteiger partial charge in [0, 0.05) is 74.9 Å². The highest BCUT2D eigenvalue weighted by Crippen LogP contribution is 2.24. The summed E-state index contributed by atoms with van der Waals surface area (Å²) in [5.41, 5.74) is 4.82. The standard InChI is InChI=1S/C38H39ClFN7O3S/c1-44-22-29(20-42-44)19-32-24-47(38(43-37(32)50)51-26-28-5-13-34(40)14-6-28)25-36(49)46(17-2-16-45-18-15-41-21-35(45)48)23-27-3-7-30(8-4-27)31-9-11-33(39)12-10-31/h3-14,20,22,24,41H,2,15-19,21,23,25-26H2,1H3. The molecule has 1 aliphatic heterocycles. The fraction of sp³-hybridized carbons (Fsp3) is 0.289. The average Bonchev–Trinajstić information content (AvgIpc) is 3.54. The van der Waals surface area contributed by atoms with Crippen LogP contribution in [0.25, 0.3) is 11.1 Å². The van der Waals surface area contributed by atoms with E-state index in [0.717, 1.165) is 34.4 Å². The van der Waals surface area contributed by atoms with Gasteiger partial charge in [-0.05, 0) is 58.5 Å². The van der Waals surface area contributed by atoms with E-state index >= 15 is 0 Å². The summed E-state index contributed by atoms with van der Waals surface area (Å²) < 4.78 is 17.0. The van der Waals surface area contributed by atoms with E-state index in [1.165, 1.54) is 23.9 Å². The second kappa shape index (κ2) is 17.0. The summed E-state index contributed by atoms with van der Waals surface area (Å²) in [5, 5.41) is 8.38. The number of rotatable bonds is 14. The van der Waals surface area contributed by atoms with Crippen molar-refractivity contribution in [3.05, 3.63) is 135 Å². The summed E-state index contributed by atoms with van der Waals surface area (Å²) in [6.45, 7) is 3.00. The van der Waals surface area contributed by atoms with Gasteiger partial charge in [0.1, 0.15) is 12.4 Å². The second-order valence-corrected chi connectivity index (χ2v) is 13.9. The highest BCUT2D eigenvalue weighted by Gasteiger charge is 2.21. The van der Waals surface area contributed by atoms with Gasteiger partial charge in [0.25, 0.3) is 5.56 Å². The fourth-order valence-corrected chi connectivity index (χ4v) is 6.97. The van der Waals surface area contributed by atoms with Gasteiger partial charge in [-0.25, -0.2) is 4.39 Å². The number of benzene rings is 3. The summed E-state index contributed by atoms with van der Waals surface area (Å²) >= 11 is 7.40. The number of thioether (sulfide) groups is 1. The number of carbonyl (C=O) groups is 2. The highest BCUT2D eigenvalue weighted by atomic mass is 35.5. The van der Waals surface area contributed by atoms with Crippen molar-refractivity contribution in [1.82, 2.24) is 34.4 Å². The largest absolute Gasteiger partial charge is 0.340 e. The van der Waals surface area contributed by atoms with Gasteiger partial charge in [-0.2, -0.15) is 10.1 Å². The van der Waals surface area contributed by atoms with Gasteiger partial charge in [-0.1, -0.05) is 71.9 Å². The maximum atomic E-state index is 14.2. The van der Waals surface area contributed by atoms with Crippen LogP contribution in [0.3, 0.4) is 0 Å². The molecule has 0 atom stereocenters. The van der Waals surface area contributed by atoms with Crippen LogP contribution in [0.2, 0.25) is 5.02 Å². The third kappa shape index (κ3) is 9.93. The van der Waals surface area contributed by atoms with Gasteiger partial charge in [-0.15, -0.1) is 0 Å². The van der Waals surface area contributed by atoms with Crippen molar-refractivity contribution >= 4 is 35.2 Å². The topological polar surface area (TPSA) is 105 Å². The van der Waals surface area contributed by atoms with Crippen molar-refractivity contribution in [3.8, 4) is 11.1 Å². The third-order valence-electron chi connectivity index (χ3n) is 8.67. The fourth-order valence-electron chi connectivity index (χ4n) is 5.92. The zero-order valence-electron chi connectivity index (χ0n) is 28.3. The lowest BCUT2D eigenvalue weighted by Gasteiger charge is -2.29. The summed E-state index contributed by atoms with van der Waals surface area (Å²) in [6, 6.07) is 21.9. The molecule has 1 saturated heterocycles. The Morgan fingerprint density at radius 3 is 2.35 bits per heavy atom. The number of amides is 2. The van der Waals surface area contributed by atoms with Crippen molar-refractivity contribution in [2.24, 2.45) is 7.05 Å². The number of hydrogen-bond acceptors (Lipinski definition) is 7. The molecule has 0 radical (unpaired) electrons. The van der Waals surface area contributed by atoms with Crippen LogP contribution in [0.15, 0.2) is 101 Å². The minimum Gasteiger partial charge on any atom is -0.340 e. The molecule has 0 bridgehead atoms. The molecule has 2 aromatic heterocycles. The molecule has 0 spiro atoms. The molecule has 13 heteroatoms. The molecular weight excluding hydrogens is 689 g/mol. The Balaban J connectivity index is 1.24. The van der Waals surface area contributed by atoms with Crippen LogP contribution in [0, 0.1) is 5.82 Å². The van der Waals surface area contributed by atoms with Crippen LogP contribution < -0.4 is 10.9 Å². The Hall–Kier alpha value is -4.78. The number of nitrogens with one attached hydrogen (secondary N) is 1. The predicted molar refractivity (Wildman–Crippen MR) is 197 cm³/mol. The van der Waals surface area contributed by atoms with E-state index in [-0.39, 0.29) is 29.7 Å². The molecule has 3 heterocycles. The Morgan fingerprint density at radius 2 is 1.67 bits per heavy atom. The first-order valence-corrected chi connectivity index (χ1v) is 18.1. The van der Waals surface area contributed by atoms with Gasteiger partial charge in [0.2, 0.25) is 11.8 Å². The minimum absolute atomic E-state index is 0.0471. The lowest BCUT2D eigenvalue weighted by molar-refractivity contribution is -0.133. The van der Waals surface area contributed by atoms with Crippen molar-refractivity contribution < 1.29 is 14.0 Å². The first kappa shape index (κ1) is 36.0. The Kier molecular flexibility index (Phi) is 12.0. The predicted octanol–water partition coefficient (Wildman–Crippen LogP) is 5.17. The number of piperazine rings is 1. The van der Waals surface area contributed by atoms with E-state index in [0.29, 0.717) is 67.1 Å². The first-order valence-electron chi connectivity index (χ1n) is 16.8. The van der Waals surface area contributed by atoms with Crippen LogP contribution in [-0.2, 0) is 41.9 Å². The number of aromatic nitrogens is 4. The van der Waals surface area contributed by atoms with E-state index < -0.39 is 0 Å². The number of aryl methyl sites for hydroxylation is 1. The Morgan fingerprint density at radius 1 is 0.961 bits per heavy atom. The maximum absolute atomic E-state index is 14.2. The smallest absolute Gasteiger partial charge is 0.277 e. The molecule has 0 saturated carbocycles. The maximum Gasteiger partial charge on any atom is 0.277 e. The number of halogens is 2. The molecule has 6 rings (SSSR count). The first-order chi connectivity index (χ1) is 24.7. The van der Waals surface area contributed by atoms with Crippen molar-refractivity contribution in [3.63, 3.8) is 0 Å². The molecule has 1 fully saturated rings. The summed E-state index contributed by atoms with van der Waals surface area (Å²) in [5.74, 6) is 0.0147. The van der Waals surface area contributed by atoms with E-state index in [2.05, 4.69) is 15.4 Å². The molecule has 51 heavy (non-hydrogen) atoms. The van der Waals surface area contributed by atoms with Crippen LogP contribution in [-0.4, -0.2) is 73.7 Å². The molecular formula is C38H39ClFN7O3S. The molecule has 0 unspecified atom stereocenters. The van der Waals surface area contributed by atoms with Gasteiger partial charge in [0.05, 0.1) is 12.7 Å². The molecule has 2 amide bonds. The van der Waals surface area contributed by atoms with E-state index in [9.17, 15) is 18.8 Å². The van der Waals surface area contributed by atoms with Crippen LogP contribution in [0.1, 0.15) is 28.7 Å². The molecule has 0 aliphatic carbocycles. The van der Waals surface area contributed by atoms with E-state index in [1.54, 1.807) is 38.7 Å². The summed E-state index contributed by atoms with van der Waals surface area (Å²) in [4.78, 5) is 48.0. The van der Waals surface area contributed by atoms with E-state index in [1.807, 2.05) is 66.7 Å². The van der Waals surface area contributed by atoms with Gasteiger partial charge >= 0.3 is 0 Å². The minimum atomic E-state index is -0.373. The van der Waals surface area contributed by atoms with Gasteiger partial charge in [-0.3, -0.25) is 19.1 Å². The molecule has 264 valence electrons. The lowest BCUT2D eigenvalue weighted by Crippen LogP contribution is -2.48. The van der Waals surface area contributed by atoms with Crippen molar-refractivity contribution in [2.45, 2.75) is 36.8 Å². The summed E-state index contributed by atoms with van der Waals surface area (Å²) in [6.07, 6.45) is 6.19. The highest BCUT2D eigenvalue weighted by molar-refractivity contribution is 7.98. The van der Waals surface area contributed by atoms with Crippen LogP contribution in [0.4, 0.5) is 4.39 Å². The molecule has 1 N–H and O–H groups in total. The zero-order valence-corrected chi connectivity index (χ0v) is 29.9. The van der Waals surface area contributed by atoms with Crippen molar-refractivity contribution in [1.29, 1.82) is 0 Å². The second-order valence-electron chi connectivity index (χ2n) is 12.5. The molecule has 10 nitrogen and oxygen atoms in total. The molecule has 3 aromatic carbocycles. The van der Waals surface area contributed by atoms with Gasteiger partial charge < -0.3 is 19.7 Å². The zero-order chi connectivity index (χ0) is 35.7. The Bertz CT molecular complexity index is 2020. The number of nitrogens with zero attached hydrogens (tertiary/aromatic N) is 6. The van der Waals surface area contributed by atoms with Crippen LogP contribution >= 0.6 is 23.4 Å². The number of hydrogen-bond donors (Lipinski definition) is 1. The van der Waals surface area contributed by atoms with Crippen molar-refractivity contribution in [2.75, 3.05) is 32.7 Å². The molecule has 1 aliphatic rings. The normalized spacial score (nSPS) is 13.1. The summed E-state index contributed by atoms with van der Waals surface area (Å²) in [7, 11) is 1.81. The van der Waals surface area contributed by atoms with Crippen LogP contribution in [0.5, 0.6) is 0 Å². The molecule has 5 aromatic rings. The SMILES string of the molecule is Cn1cc(Cc2cn(CC(=O)N(CCCN3CCNCC3=O)Cc3ccc(-c4ccc(Cl)cc4)cc3)c(SCc3ccc(F)cc3)nc2=O)cn1. The quantitative estimate of drug-likeness (QED) is 0.124. The average molecular weight is 728 g/mol. The Labute approximate surface area is 305 Å². The lowest BCUT2D eigenvalue weighted by atomic mass is 10.0. The third-order valence-corrected chi connectivity index (χ3v) is 9.98.